The Kier molecular flexibility index (Phi) is 4.42. The average molecular weight is 284 g/mol. The molecule has 1 aromatic heterocycles. The minimum atomic E-state index is -0.836. The molecule has 2 heterocycles. The van der Waals surface area contributed by atoms with Crippen LogP contribution in [0, 0.1) is 6.92 Å². The fourth-order valence-electron chi connectivity index (χ4n) is 2.38. The van der Waals surface area contributed by atoms with Gasteiger partial charge in [-0.15, -0.1) is 4.74 Å². The minimum Gasteiger partial charge on any atom is -0.388 e. The molecule has 7 nitrogen and oxygen atoms in total. The molecule has 1 fully saturated rings. The molecule has 0 radical (unpaired) electrons. The van der Waals surface area contributed by atoms with E-state index < -0.39 is 17.1 Å². The summed E-state index contributed by atoms with van der Waals surface area (Å²) in [5, 5.41) is 10.4. The molecule has 1 saturated heterocycles. The summed E-state index contributed by atoms with van der Waals surface area (Å²) in [7, 11) is 1.73. The Bertz CT molecular complexity index is 527. The predicted molar refractivity (Wildman–Crippen MR) is 70.8 cm³/mol. The lowest BCUT2D eigenvalue weighted by atomic mass is 9.94. The number of ether oxygens (including phenoxy) is 1. The Hall–Kier alpha value is -1.44. The summed E-state index contributed by atoms with van der Waals surface area (Å²) in [5.41, 5.74) is -1.30. The van der Waals surface area contributed by atoms with Crippen LogP contribution in [0.2, 0.25) is 0 Å². The van der Waals surface area contributed by atoms with E-state index in [1.807, 2.05) is 0 Å². The lowest BCUT2D eigenvalue weighted by molar-refractivity contribution is -0.0761. The summed E-state index contributed by atoms with van der Waals surface area (Å²) >= 11 is 0. The van der Waals surface area contributed by atoms with E-state index >= 15 is 0 Å². The van der Waals surface area contributed by atoms with Gasteiger partial charge >= 0.3 is 0 Å². The normalized spacial score (nSPS) is 18.4. The molecule has 0 amide bonds. The molecule has 0 atom stereocenters. The Morgan fingerprint density at radius 1 is 1.50 bits per heavy atom. The van der Waals surface area contributed by atoms with Crippen LogP contribution in [-0.2, 0) is 4.74 Å². The van der Waals surface area contributed by atoms with Gasteiger partial charge in [-0.2, -0.15) is 0 Å². The second kappa shape index (κ2) is 5.90. The van der Waals surface area contributed by atoms with Gasteiger partial charge in [0.2, 0.25) is 0 Å². The number of hydrogen-bond donors (Lipinski definition) is 1. The zero-order valence-electron chi connectivity index (χ0n) is 11.8. The maximum Gasteiger partial charge on any atom is 0.290 e. The largest absolute Gasteiger partial charge is 0.388 e. The van der Waals surface area contributed by atoms with Gasteiger partial charge < -0.3 is 14.4 Å². The van der Waals surface area contributed by atoms with Crippen LogP contribution in [0.5, 0.6) is 0 Å². The summed E-state index contributed by atoms with van der Waals surface area (Å²) in [4.78, 5) is 25.1. The molecule has 1 aromatic rings. The number of carbonyl (C=O) groups excluding carboxylic acids is 1. The summed E-state index contributed by atoms with van der Waals surface area (Å²) in [6.45, 7) is 3.02. The van der Waals surface area contributed by atoms with Crippen LogP contribution in [0.25, 0.3) is 0 Å². The highest BCUT2D eigenvalue weighted by Crippen LogP contribution is 2.21. The first-order valence-corrected chi connectivity index (χ1v) is 6.61. The molecule has 0 saturated carbocycles. The molecule has 0 unspecified atom stereocenters. The number of aliphatic hydroxyl groups is 1. The minimum absolute atomic E-state index is 0.00995. The van der Waals surface area contributed by atoms with Gasteiger partial charge in [0.1, 0.15) is 5.76 Å². The van der Waals surface area contributed by atoms with Crippen molar-refractivity contribution < 1.29 is 19.2 Å². The zero-order chi connectivity index (χ0) is 14.8. The van der Waals surface area contributed by atoms with Crippen molar-refractivity contribution in [2.75, 3.05) is 33.4 Å². The third-order valence-corrected chi connectivity index (χ3v) is 3.38. The monoisotopic (exact) mass is 284 g/mol. The standard InChI is InChI=1S/C13H20N2O5/c1-10-7-11(16)15(20-10)12(17)8-14(2)9-13(18)3-5-19-6-4-13/h7,18H,3-6,8-9H2,1-2H3. The molecule has 112 valence electrons. The molecule has 1 N–H and O–H groups in total. The molecule has 0 aliphatic carbocycles. The van der Waals surface area contributed by atoms with Gasteiger partial charge in [0, 0.05) is 38.7 Å². The van der Waals surface area contributed by atoms with E-state index in [-0.39, 0.29) is 6.54 Å². The predicted octanol–water partition coefficient (Wildman–Crippen LogP) is -0.137. The molecule has 20 heavy (non-hydrogen) atoms. The van der Waals surface area contributed by atoms with Gasteiger partial charge in [-0.3, -0.25) is 14.5 Å². The van der Waals surface area contributed by atoms with Gasteiger partial charge in [-0.1, -0.05) is 0 Å². The van der Waals surface area contributed by atoms with Crippen LogP contribution in [0.3, 0.4) is 0 Å². The number of carbonyl (C=O) groups is 1. The Morgan fingerprint density at radius 3 is 2.70 bits per heavy atom. The zero-order valence-corrected chi connectivity index (χ0v) is 11.8. The van der Waals surface area contributed by atoms with E-state index in [1.54, 1.807) is 18.9 Å². The summed E-state index contributed by atoms with van der Waals surface area (Å²) in [6, 6.07) is 1.27. The van der Waals surface area contributed by atoms with E-state index in [0.717, 1.165) is 4.74 Å². The molecule has 1 aliphatic rings. The van der Waals surface area contributed by atoms with Crippen LogP contribution in [0.15, 0.2) is 15.4 Å². The first-order valence-electron chi connectivity index (χ1n) is 6.61. The Labute approximate surface area is 116 Å². The summed E-state index contributed by atoms with van der Waals surface area (Å²) < 4.78 is 11.0. The third kappa shape index (κ3) is 3.56. The topological polar surface area (TPSA) is 84.9 Å². The SMILES string of the molecule is Cc1cc(=O)n(C(=O)CN(C)CC2(O)CCOCC2)o1. The van der Waals surface area contributed by atoms with Crippen molar-refractivity contribution in [3.63, 3.8) is 0 Å². The van der Waals surface area contributed by atoms with Crippen LogP contribution in [0.1, 0.15) is 23.4 Å². The van der Waals surface area contributed by atoms with Gasteiger partial charge in [-0.05, 0) is 14.0 Å². The second-order valence-electron chi connectivity index (χ2n) is 5.38. The highest BCUT2D eigenvalue weighted by molar-refractivity contribution is 5.79. The van der Waals surface area contributed by atoms with Gasteiger partial charge in [-0.25, -0.2) is 0 Å². The van der Waals surface area contributed by atoms with Gasteiger partial charge in [0.25, 0.3) is 11.5 Å². The van der Waals surface area contributed by atoms with Crippen molar-refractivity contribution in [1.29, 1.82) is 0 Å². The molecular weight excluding hydrogens is 264 g/mol. The lowest BCUT2D eigenvalue weighted by Crippen LogP contribution is -2.47. The van der Waals surface area contributed by atoms with Crippen molar-refractivity contribution in [2.24, 2.45) is 0 Å². The number of likely N-dealkylation sites (N-methyl/N-ethyl adjacent to an activating group) is 1. The molecule has 0 aromatic carbocycles. The molecule has 2 rings (SSSR count). The van der Waals surface area contributed by atoms with E-state index in [2.05, 4.69) is 0 Å². The molecule has 0 spiro atoms. The summed E-state index contributed by atoms with van der Waals surface area (Å²) in [6.07, 6.45) is 1.09. The van der Waals surface area contributed by atoms with E-state index in [4.69, 9.17) is 9.26 Å². The first kappa shape index (κ1) is 15.0. The van der Waals surface area contributed by atoms with Crippen molar-refractivity contribution >= 4 is 5.91 Å². The number of rotatable bonds is 4. The van der Waals surface area contributed by atoms with E-state index in [1.165, 1.54) is 6.07 Å². The molecular formula is C13H20N2O5. The third-order valence-electron chi connectivity index (χ3n) is 3.38. The number of aromatic nitrogens is 1. The van der Waals surface area contributed by atoms with Crippen molar-refractivity contribution in [1.82, 2.24) is 9.64 Å². The maximum absolute atomic E-state index is 12.0. The fourth-order valence-corrected chi connectivity index (χ4v) is 2.38. The van der Waals surface area contributed by atoms with Crippen molar-refractivity contribution in [3.8, 4) is 0 Å². The van der Waals surface area contributed by atoms with Crippen LogP contribution >= 0.6 is 0 Å². The lowest BCUT2D eigenvalue weighted by Gasteiger charge is -2.35. The molecule has 1 aliphatic heterocycles. The van der Waals surface area contributed by atoms with E-state index in [9.17, 15) is 14.7 Å². The van der Waals surface area contributed by atoms with Crippen LogP contribution in [-0.4, -0.2) is 59.6 Å². The number of aryl methyl sites for hydroxylation is 1. The average Bonchev–Trinajstić information content (AvgIpc) is 2.68. The molecule has 7 heteroatoms. The van der Waals surface area contributed by atoms with Gasteiger partial charge in [0.05, 0.1) is 12.1 Å². The summed E-state index contributed by atoms with van der Waals surface area (Å²) in [5.74, 6) is -0.0460. The van der Waals surface area contributed by atoms with Crippen LogP contribution < -0.4 is 5.56 Å². The smallest absolute Gasteiger partial charge is 0.290 e. The fraction of sp³-hybridized carbons (Fsp3) is 0.692. The second-order valence-corrected chi connectivity index (χ2v) is 5.38. The molecule has 0 bridgehead atoms. The number of hydrogen-bond acceptors (Lipinski definition) is 6. The van der Waals surface area contributed by atoms with Crippen LogP contribution in [0.4, 0.5) is 0 Å². The van der Waals surface area contributed by atoms with Gasteiger partial charge in [0.15, 0.2) is 0 Å². The first-order chi connectivity index (χ1) is 9.39. The van der Waals surface area contributed by atoms with Crippen molar-refractivity contribution in [3.05, 3.63) is 22.2 Å². The highest BCUT2D eigenvalue weighted by atomic mass is 16.5. The van der Waals surface area contributed by atoms with Crippen molar-refractivity contribution in [2.45, 2.75) is 25.4 Å². The number of nitrogens with zero attached hydrogens (tertiary/aromatic N) is 2. The quantitative estimate of drug-likeness (QED) is 0.828. The highest BCUT2D eigenvalue weighted by Gasteiger charge is 2.31. The Morgan fingerprint density at radius 2 is 2.15 bits per heavy atom. The Balaban J connectivity index is 1.94. The van der Waals surface area contributed by atoms with E-state index in [0.29, 0.717) is 38.4 Å². The maximum atomic E-state index is 12.0.